The molecule has 0 aliphatic carbocycles. The first-order valence-electron chi connectivity index (χ1n) is 4.17. The summed E-state index contributed by atoms with van der Waals surface area (Å²) in [6.07, 6.45) is 2.42. The average Bonchev–Trinajstić information content (AvgIpc) is 2.19. The lowest BCUT2D eigenvalue weighted by Gasteiger charge is -1.97. The first-order chi connectivity index (χ1) is 6.43. The van der Waals surface area contributed by atoms with Gasteiger partial charge in [0.1, 0.15) is 6.61 Å². The molecule has 0 saturated carbocycles. The Bertz CT molecular complexity index is 248. The zero-order valence-electron chi connectivity index (χ0n) is 7.32. The molecule has 0 unspecified atom stereocenters. The van der Waals surface area contributed by atoms with Crippen molar-refractivity contribution in [3.8, 4) is 0 Å². The molecule has 0 aliphatic rings. The van der Waals surface area contributed by atoms with Crippen molar-refractivity contribution < 1.29 is 4.84 Å². The number of benzene rings is 1. The highest BCUT2D eigenvalue weighted by Gasteiger charge is 1.88. The first-order valence-corrected chi connectivity index (χ1v) is 4.70. The van der Waals surface area contributed by atoms with Gasteiger partial charge in [-0.2, -0.15) is 0 Å². The number of oxime groups is 1. The monoisotopic (exact) mass is 197 g/mol. The Morgan fingerprint density at radius 2 is 2.08 bits per heavy atom. The maximum Gasteiger partial charge on any atom is 0.142 e. The number of hydrogen-bond acceptors (Lipinski definition) is 2. The maximum atomic E-state index is 5.45. The Morgan fingerprint density at radius 1 is 1.31 bits per heavy atom. The third kappa shape index (κ3) is 4.53. The SMILES string of the molecule is ClCC/C=N/OCc1ccccc1. The average molecular weight is 198 g/mol. The van der Waals surface area contributed by atoms with Crippen LogP contribution in [0.4, 0.5) is 0 Å². The number of rotatable bonds is 5. The summed E-state index contributed by atoms with van der Waals surface area (Å²) in [7, 11) is 0. The summed E-state index contributed by atoms with van der Waals surface area (Å²) in [6.45, 7) is 0.514. The number of hydrogen-bond donors (Lipinski definition) is 0. The van der Waals surface area contributed by atoms with Gasteiger partial charge < -0.3 is 4.84 Å². The van der Waals surface area contributed by atoms with E-state index in [1.165, 1.54) is 0 Å². The molecule has 0 bridgehead atoms. The second-order valence-electron chi connectivity index (χ2n) is 2.52. The van der Waals surface area contributed by atoms with E-state index in [4.69, 9.17) is 16.4 Å². The predicted molar refractivity (Wildman–Crippen MR) is 55.1 cm³/mol. The van der Waals surface area contributed by atoms with Crippen molar-refractivity contribution in [1.29, 1.82) is 0 Å². The number of halogens is 1. The van der Waals surface area contributed by atoms with Gasteiger partial charge in [0.2, 0.25) is 0 Å². The van der Waals surface area contributed by atoms with Crippen LogP contribution in [0, 0.1) is 0 Å². The van der Waals surface area contributed by atoms with Crippen LogP contribution >= 0.6 is 11.6 Å². The van der Waals surface area contributed by atoms with Crippen molar-refractivity contribution in [2.45, 2.75) is 13.0 Å². The molecule has 0 radical (unpaired) electrons. The summed E-state index contributed by atoms with van der Waals surface area (Å²) < 4.78 is 0. The molecule has 0 heterocycles. The molecule has 0 atom stereocenters. The van der Waals surface area contributed by atoms with Gasteiger partial charge in [0.05, 0.1) is 0 Å². The van der Waals surface area contributed by atoms with Gasteiger partial charge >= 0.3 is 0 Å². The molecule has 0 spiro atoms. The minimum absolute atomic E-state index is 0.514. The van der Waals surface area contributed by atoms with Crippen molar-refractivity contribution in [3.63, 3.8) is 0 Å². The minimum atomic E-state index is 0.514. The second-order valence-corrected chi connectivity index (χ2v) is 2.90. The lowest BCUT2D eigenvalue weighted by Crippen LogP contribution is -1.86. The fourth-order valence-electron chi connectivity index (χ4n) is 0.840. The highest BCUT2D eigenvalue weighted by atomic mass is 35.5. The highest BCUT2D eigenvalue weighted by molar-refractivity contribution is 6.18. The van der Waals surface area contributed by atoms with Crippen molar-refractivity contribution in [2.24, 2.45) is 5.16 Å². The molecule has 1 aromatic carbocycles. The zero-order chi connectivity index (χ0) is 9.36. The third-order valence-electron chi connectivity index (χ3n) is 1.46. The van der Waals surface area contributed by atoms with Crippen molar-refractivity contribution in [3.05, 3.63) is 35.9 Å². The van der Waals surface area contributed by atoms with E-state index in [-0.39, 0.29) is 0 Å². The van der Waals surface area contributed by atoms with Crippen LogP contribution in [-0.2, 0) is 11.4 Å². The van der Waals surface area contributed by atoms with Crippen molar-refractivity contribution in [2.75, 3.05) is 5.88 Å². The molecule has 13 heavy (non-hydrogen) atoms. The molecule has 0 amide bonds. The standard InChI is InChI=1S/C10H12ClNO/c11-7-4-8-12-13-9-10-5-2-1-3-6-10/h1-3,5-6,8H,4,7,9H2/b12-8+. The van der Waals surface area contributed by atoms with Crippen LogP contribution in [0.3, 0.4) is 0 Å². The molecule has 0 fully saturated rings. The molecular weight excluding hydrogens is 186 g/mol. The molecule has 3 heteroatoms. The van der Waals surface area contributed by atoms with Crippen molar-refractivity contribution in [1.82, 2.24) is 0 Å². The van der Waals surface area contributed by atoms with Gasteiger partial charge in [-0.15, -0.1) is 11.6 Å². The van der Waals surface area contributed by atoms with E-state index in [2.05, 4.69) is 5.16 Å². The fraction of sp³-hybridized carbons (Fsp3) is 0.300. The van der Waals surface area contributed by atoms with Crippen molar-refractivity contribution >= 4 is 17.8 Å². The number of alkyl halides is 1. The summed E-state index contributed by atoms with van der Waals surface area (Å²) >= 11 is 5.45. The van der Waals surface area contributed by atoms with E-state index in [1.54, 1.807) is 6.21 Å². The van der Waals surface area contributed by atoms with Gasteiger partial charge in [0, 0.05) is 12.1 Å². The van der Waals surface area contributed by atoms with Crippen LogP contribution < -0.4 is 0 Å². The van der Waals surface area contributed by atoms with E-state index >= 15 is 0 Å². The smallest absolute Gasteiger partial charge is 0.142 e. The Kier molecular flexibility index (Phi) is 5.02. The molecule has 70 valence electrons. The van der Waals surface area contributed by atoms with Crippen LogP contribution in [0.2, 0.25) is 0 Å². The molecule has 0 aromatic heterocycles. The van der Waals surface area contributed by atoms with Gasteiger partial charge in [-0.3, -0.25) is 0 Å². The summed E-state index contributed by atoms with van der Waals surface area (Å²) in [5.41, 5.74) is 1.12. The summed E-state index contributed by atoms with van der Waals surface area (Å²) in [5.74, 6) is 0.582. The Balaban J connectivity index is 2.20. The molecular formula is C10H12ClNO. The topological polar surface area (TPSA) is 21.6 Å². The Labute approximate surface area is 83.2 Å². The van der Waals surface area contributed by atoms with E-state index in [9.17, 15) is 0 Å². The molecule has 2 nitrogen and oxygen atoms in total. The Morgan fingerprint density at radius 3 is 2.77 bits per heavy atom. The third-order valence-corrected chi connectivity index (χ3v) is 1.68. The van der Waals surface area contributed by atoms with Gasteiger partial charge in [-0.25, -0.2) is 0 Å². The first kappa shape index (κ1) is 10.1. The fourth-order valence-corrected chi connectivity index (χ4v) is 0.938. The summed E-state index contributed by atoms with van der Waals surface area (Å²) in [4.78, 5) is 5.03. The normalized spacial score (nSPS) is 10.5. The van der Waals surface area contributed by atoms with E-state index in [1.807, 2.05) is 30.3 Å². The van der Waals surface area contributed by atoms with Gasteiger partial charge in [0.15, 0.2) is 0 Å². The van der Waals surface area contributed by atoms with E-state index in [0.717, 1.165) is 12.0 Å². The van der Waals surface area contributed by atoms with Crippen LogP contribution in [0.15, 0.2) is 35.5 Å². The quantitative estimate of drug-likeness (QED) is 0.404. The molecule has 1 aromatic rings. The largest absolute Gasteiger partial charge is 0.391 e. The van der Waals surface area contributed by atoms with E-state index in [0.29, 0.717) is 12.5 Å². The maximum absolute atomic E-state index is 5.45. The number of nitrogens with zero attached hydrogens (tertiary/aromatic N) is 1. The molecule has 1 rings (SSSR count). The molecule has 0 N–H and O–H groups in total. The van der Waals surface area contributed by atoms with Crippen LogP contribution in [0.5, 0.6) is 0 Å². The van der Waals surface area contributed by atoms with Crippen LogP contribution in [0.1, 0.15) is 12.0 Å². The molecule has 0 saturated heterocycles. The summed E-state index contributed by atoms with van der Waals surface area (Å²) in [6, 6.07) is 9.91. The Hall–Kier alpha value is -1.02. The minimum Gasteiger partial charge on any atom is -0.391 e. The molecule has 0 aliphatic heterocycles. The van der Waals surface area contributed by atoms with Crippen LogP contribution in [-0.4, -0.2) is 12.1 Å². The zero-order valence-corrected chi connectivity index (χ0v) is 8.07. The lowest BCUT2D eigenvalue weighted by atomic mass is 10.2. The van der Waals surface area contributed by atoms with Gasteiger partial charge in [-0.05, 0) is 12.0 Å². The van der Waals surface area contributed by atoms with Crippen LogP contribution in [0.25, 0.3) is 0 Å². The van der Waals surface area contributed by atoms with Gasteiger partial charge in [-0.1, -0.05) is 35.5 Å². The second kappa shape index (κ2) is 6.49. The van der Waals surface area contributed by atoms with E-state index < -0.39 is 0 Å². The highest BCUT2D eigenvalue weighted by Crippen LogP contribution is 2.00. The predicted octanol–water partition coefficient (Wildman–Crippen LogP) is 2.82. The van der Waals surface area contributed by atoms with Gasteiger partial charge in [0.25, 0.3) is 0 Å². The summed E-state index contributed by atoms with van der Waals surface area (Å²) in [5, 5.41) is 3.75. The lowest BCUT2D eigenvalue weighted by molar-refractivity contribution is 0.131.